The molecule has 0 aromatic heterocycles. The quantitative estimate of drug-likeness (QED) is 0.724. The van der Waals surface area contributed by atoms with Crippen LogP contribution in [-0.2, 0) is 9.53 Å². The lowest BCUT2D eigenvalue weighted by Gasteiger charge is -2.07. The highest BCUT2D eigenvalue weighted by molar-refractivity contribution is 5.91. The van der Waals surface area contributed by atoms with Crippen LogP contribution in [-0.4, -0.2) is 36.2 Å². The number of carbonyl (C=O) groups is 2. The Bertz CT molecular complexity index is 375. The zero-order valence-electron chi connectivity index (χ0n) is 9.55. The molecular weight excluding hydrogens is 222 g/mol. The summed E-state index contributed by atoms with van der Waals surface area (Å²) in [5.41, 5.74) is 0.399. The van der Waals surface area contributed by atoms with Gasteiger partial charge in [-0.1, -0.05) is 18.2 Å². The molecule has 0 saturated heterocycles. The van der Waals surface area contributed by atoms with Crippen LogP contribution in [0.1, 0.15) is 17.3 Å². The molecule has 0 aliphatic heterocycles. The number of carbonyl (C=O) groups excluding carboxylic acids is 2. The molecule has 2 N–H and O–H groups in total. The lowest BCUT2D eigenvalue weighted by Crippen LogP contribution is -2.33. The van der Waals surface area contributed by atoms with Gasteiger partial charge in [-0.05, 0) is 19.1 Å². The third-order valence-corrected chi connectivity index (χ3v) is 1.94. The first-order chi connectivity index (χ1) is 8.09. The van der Waals surface area contributed by atoms with Gasteiger partial charge >= 0.3 is 5.97 Å². The van der Waals surface area contributed by atoms with Crippen molar-refractivity contribution < 1.29 is 19.4 Å². The molecule has 1 rings (SSSR count). The van der Waals surface area contributed by atoms with Gasteiger partial charge in [-0.3, -0.25) is 4.79 Å². The van der Waals surface area contributed by atoms with E-state index in [1.54, 1.807) is 37.3 Å². The molecule has 0 aliphatic carbocycles. The predicted octanol–water partition coefficient (Wildman–Crippen LogP) is 0.340. The first kappa shape index (κ1) is 13.2. The van der Waals surface area contributed by atoms with Crippen LogP contribution in [0.15, 0.2) is 30.3 Å². The van der Waals surface area contributed by atoms with Crippen LogP contribution in [0.4, 0.5) is 0 Å². The average molecular weight is 237 g/mol. The first-order valence-electron chi connectivity index (χ1n) is 5.26. The Balaban J connectivity index is 2.31. The van der Waals surface area contributed by atoms with Gasteiger partial charge in [0.2, 0.25) is 0 Å². The highest BCUT2D eigenvalue weighted by atomic mass is 16.5. The van der Waals surface area contributed by atoms with Gasteiger partial charge in [-0.15, -0.1) is 0 Å². The highest BCUT2D eigenvalue weighted by Crippen LogP contribution is 2.00. The maximum atomic E-state index is 11.4. The minimum Gasteiger partial charge on any atom is -0.452 e. The second kappa shape index (κ2) is 6.65. The van der Waals surface area contributed by atoms with Crippen molar-refractivity contribution in [1.29, 1.82) is 0 Å². The van der Waals surface area contributed by atoms with E-state index in [0.29, 0.717) is 5.56 Å². The summed E-state index contributed by atoms with van der Waals surface area (Å²) in [5.74, 6) is -0.979. The van der Waals surface area contributed by atoms with Crippen LogP contribution in [0.2, 0.25) is 0 Å². The van der Waals surface area contributed by atoms with Crippen LogP contribution in [0.25, 0.3) is 0 Å². The van der Waals surface area contributed by atoms with Gasteiger partial charge in [0.15, 0.2) is 6.61 Å². The number of ether oxygens (including phenoxy) is 1. The fourth-order valence-corrected chi connectivity index (χ4v) is 1.10. The molecule has 5 nitrogen and oxygen atoms in total. The van der Waals surface area contributed by atoms with Gasteiger partial charge in [-0.25, -0.2) is 4.79 Å². The summed E-state index contributed by atoms with van der Waals surface area (Å²) in [6, 6.07) is 8.42. The third kappa shape index (κ3) is 5.12. The molecule has 0 fully saturated rings. The molecule has 0 saturated carbocycles. The van der Waals surface area contributed by atoms with Crippen molar-refractivity contribution in [1.82, 2.24) is 5.32 Å². The molecule has 1 unspecified atom stereocenters. The zero-order valence-corrected chi connectivity index (χ0v) is 9.55. The van der Waals surface area contributed by atoms with E-state index in [1.165, 1.54) is 0 Å². The van der Waals surface area contributed by atoms with Crippen LogP contribution in [0, 0.1) is 0 Å². The number of aliphatic hydroxyl groups excluding tert-OH is 1. The van der Waals surface area contributed by atoms with Crippen LogP contribution in [0.5, 0.6) is 0 Å². The lowest BCUT2D eigenvalue weighted by molar-refractivity contribution is -0.124. The minimum atomic E-state index is -0.622. The second-order valence-corrected chi connectivity index (χ2v) is 3.60. The van der Waals surface area contributed by atoms with Crippen molar-refractivity contribution in [2.45, 2.75) is 13.0 Å². The second-order valence-electron chi connectivity index (χ2n) is 3.60. The van der Waals surface area contributed by atoms with Crippen molar-refractivity contribution in [2.75, 3.05) is 13.2 Å². The monoisotopic (exact) mass is 237 g/mol. The van der Waals surface area contributed by atoms with Crippen molar-refractivity contribution in [3.05, 3.63) is 35.9 Å². The molecular formula is C12H15NO4. The van der Waals surface area contributed by atoms with Gasteiger partial charge in [0.1, 0.15) is 0 Å². The van der Waals surface area contributed by atoms with E-state index in [9.17, 15) is 9.59 Å². The van der Waals surface area contributed by atoms with Crippen LogP contribution < -0.4 is 5.32 Å². The summed E-state index contributed by atoms with van der Waals surface area (Å²) in [6.45, 7) is 1.35. The first-order valence-corrected chi connectivity index (χ1v) is 5.26. The van der Waals surface area contributed by atoms with E-state index in [4.69, 9.17) is 9.84 Å². The van der Waals surface area contributed by atoms with E-state index in [-0.39, 0.29) is 13.2 Å². The number of benzene rings is 1. The fourth-order valence-electron chi connectivity index (χ4n) is 1.10. The summed E-state index contributed by atoms with van der Waals surface area (Å²) in [6.07, 6.45) is -0.622. The van der Waals surface area contributed by atoms with Crippen molar-refractivity contribution >= 4 is 11.9 Å². The van der Waals surface area contributed by atoms with E-state index in [2.05, 4.69) is 5.32 Å². The van der Waals surface area contributed by atoms with Gasteiger partial charge in [0.25, 0.3) is 5.91 Å². The molecule has 1 atom stereocenters. The largest absolute Gasteiger partial charge is 0.452 e. The van der Waals surface area contributed by atoms with Gasteiger partial charge in [0.05, 0.1) is 11.7 Å². The molecule has 1 aromatic rings. The molecule has 1 amide bonds. The Morgan fingerprint density at radius 2 is 2.00 bits per heavy atom. The molecule has 92 valence electrons. The molecule has 0 bridgehead atoms. The average Bonchev–Trinajstić information content (AvgIpc) is 2.34. The smallest absolute Gasteiger partial charge is 0.338 e. The summed E-state index contributed by atoms with van der Waals surface area (Å²) in [7, 11) is 0. The van der Waals surface area contributed by atoms with E-state index in [1.807, 2.05) is 0 Å². The summed E-state index contributed by atoms with van der Waals surface area (Å²) in [5, 5.41) is 11.4. The van der Waals surface area contributed by atoms with Crippen LogP contribution >= 0.6 is 0 Å². The van der Waals surface area contributed by atoms with E-state index >= 15 is 0 Å². The van der Waals surface area contributed by atoms with Gasteiger partial charge < -0.3 is 15.2 Å². The Labute approximate surface area is 99.4 Å². The van der Waals surface area contributed by atoms with Crippen LogP contribution in [0.3, 0.4) is 0 Å². The van der Waals surface area contributed by atoms with Crippen molar-refractivity contribution in [3.8, 4) is 0 Å². The molecule has 1 aromatic carbocycles. The summed E-state index contributed by atoms with van der Waals surface area (Å²) < 4.78 is 4.79. The number of amides is 1. The van der Waals surface area contributed by atoms with Crippen molar-refractivity contribution in [3.63, 3.8) is 0 Å². The Hall–Kier alpha value is -1.88. The number of hydrogen-bond donors (Lipinski definition) is 2. The summed E-state index contributed by atoms with van der Waals surface area (Å²) in [4.78, 5) is 22.6. The SMILES string of the molecule is CC(O)CNC(=O)COC(=O)c1ccccc1. The third-order valence-electron chi connectivity index (χ3n) is 1.94. The van der Waals surface area contributed by atoms with E-state index in [0.717, 1.165) is 0 Å². The topological polar surface area (TPSA) is 75.6 Å². The normalized spacial score (nSPS) is 11.6. The van der Waals surface area contributed by atoms with Gasteiger partial charge in [0, 0.05) is 6.54 Å². The number of rotatable bonds is 5. The highest BCUT2D eigenvalue weighted by Gasteiger charge is 2.09. The maximum Gasteiger partial charge on any atom is 0.338 e. The fraction of sp³-hybridized carbons (Fsp3) is 0.333. The maximum absolute atomic E-state index is 11.4. The molecule has 0 aliphatic rings. The molecule has 17 heavy (non-hydrogen) atoms. The van der Waals surface area contributed by atoms with E-state index < -0.39 is 18.0 Å². The van der Waals surface area contributed by atoms with Gasteiger partial charge in [-0.2, -0.15) is 0 Å². The predicted molar refractivity (Wildman–Crippen MR) is 61.4 cm³/mol. The van der Waals surface area contributed by atoms with Crippen molar-refractivity contribution in [2.24, 2.45) is 0 Å². The lowest BCUT2D eigenvalue weighted by atomic mass is 10.2. The number of aliphatic hydroxyl groups is 1. The number of nitrogens with one attached hydrogen (secondary N) is 1. The Morgan fingerprint density at radius 3 is 2.59 bits per heavy atom. The Kier molecular flexibility index (Phi) is 5.16. The minimum absolute atomic E-state index is 0.141. The summed E-state index contributed by atoms with van der Waals surface area (Å²) >= 11 is 0. The number of hydrogen-bond acceptors (Lipinski definition) is 4. The zero-order chi connectivity index (χ0) is 12.7. The standard InChI is InChI=1S/C12H15NO4/c1-9(14)7-13-11(15)8-17-12(16)10-5-3-2-4-6-10/h2-6,9,14H,7-8H2,1H3,(H,13,15). The Morgan fingerprint density at radius 1 is 1.35 bits per heavy atom. The molecule has 0 spiro atoms. The molecule has 0 radical (unpaired) electrons. The molecule has 0 heterocycles. The number of esters is 1. The molecule has 5 heteroatoms.